The number of aromatic nitrogens is 2. The lowest BCUT2D eigenvalue weighted by atomic mass is 10.1. The van der Waals surface area contributed by atoms with Crippen LogP contribution < -0.4 is 5.73 Å². The molecule has 1 unspecified atom stereocenters. The molecule has 2 rings (SSSR count). The van der Waals surface area contributed by atoms with Crippen LogP contribution in [0.2, 0.25) is 0 Å². The van der Waals surface area contributed by atoms with Crippen molar-refractivity contribution >= 4 is 11.9 Å². The molecule has 1 atom stereocenters. The van der Waals surface area contributed by atoms with E-state index in [1.807, 2.05) is 6.92 Å². The van der Waals surface area contributed by atoms with E-state index in [0.29, 0.717) is 24.2 Å². The van der Waals surface area contributed by atoms with Gasteiger partial charge in [0.05, 0.1) is 24.9 Å². The lowest BCUT2D eigenvalue weighted by Crippen LogP contribution is -2.22. The number of fused-ring (bicyclic) bond motifs is 1. The van der Waals surface area contributed by atoms with Crippen LogP contribution in [-0.4, -0.2) is 32.8 Å². The third-order valence-corrected chi connectivity index (χ3v) is 2.88. The van der Waals surface area contributed by atoms with Crippen LogP contribution >= 0.6 is 0 Å². The number of carbonyl (C=O) groups excluding carboxylic acids is 1. The van der Waals surface area contributed by atoms with Crippen LogP contribution in [0.4, 0.5) is 10.6 Å². The van der Waals surface area contributed by atoms with Crippen molar-refractivity contribution in [3.8, 4) is 0 Å². The SMILES string of the molecule is CCOC(=O)n1nc2c(c1N)CN(O)C2CC. The Kier molecular flexibility index (Phi) is 3.03. The number of nitrogens with two attached hydrogens (primary N) is 1. The maximum atomic E-state index is 11.6. The quantitative estimate of drug-likeness (QED) is 0.804. The molecule has 1 aliphatic heterocycles. The molecule has 0 spiro atoms. The molecule has 0 radical (unpaired) electrons. The number of hydroxylamine groups is 2. The van der Waals surface area contributed by atoms with E-state index >= 15 is 0 Å². The van der Waals surface area contributed by atoms with Gasteiger partial charge in [-0.05, 0) is 13.3 Å². The summed E-state index contributed by atoms with van der Waals surface area (Å²) in [6.45, 7) is 4.21. The maximum absolute atomic E-state index is 11.6. The fourth-order valence-corrected chi connectivity index (χ4v) is 2.05. The third-order valence-electron chi connectivity index (χ3n) is 2.88. The van der Waals surface area contributed by atoms with E-state index in [9.17, 15) is 10.0 Å². The largest absolute Gasteiger partial charge is 0.448 e. The van der Waals surface area contributed by atoms with Gasteiger partial charge in [0.15, 0.2) is 0 Å². The molecule has 2 heterocycles. The fourth-order valence-electron chi connectivity index (χ4n) is 2.05. The van der Waals surface area contributed by atoms with E-state index < -0.39 is 6.09 Å². The fraction of sp³-hybridized carbons (Fsp3) is 0.600. The van der Waals surface area contributed by atoms with Crippen LogP contribution in [0.25, 0.3) is 0 Å². The van der Waals surface area contributed by atoms with Crippen molar-refractivity contribution < 1.29 is 14.7 Å². The number of anilines is 1. The lowest BCUT2D eigenvalue weighted by molar-refractivity contribution is -0.127. The molecular weight excluding hydrogens is 224 g/mol. The predicted octanol–water partition coefficient (Wildman–Crippen LogP) is 1.13. The summed E-state index contributed by atoms with van der Waals surface area (Å²) in [6, 6.07) is -0.206. The zero-order chi connectivity index (χ0) is 12.6. The second-order valence-electron chi connectivity index (χ2n) is 3.88. The van der Waals surface area contributed by atoms with E-state index in [2.05, 4.69) is 5.10 Å². The topological polar surface area (TPSA) is 93.6 Å². The summed E-state index contributed by atoms with van der Waals surface area (Å²) in [4.78, 5) is 11.6. The first-order valence-corrected chi connectivity index (χ1v) is 5.60. The molecular formula is C10H16N4O3. The van der Waals surface area contributed by atoms with E-state index in [0.717, 1.165) is 4.68 Å². The molecule has 17 heavy (non-hydrogen) atoms. The molecule has 0 fully saturated rings. The van der Waals surface area contributed by atoms with Gasteiger partial charge >= 0.3 is 6.09 Å². The van der Waals surface area contributed by atoms with Gasteiger partial charge in [0.2, 0.25) is 0 Å². The van der Waals surface area contributed by atoms with Crippen LogP contribution in [0.3, 0.4) is 0 Å². The monoisotopic (exact) mass is 240 g/mol. The zero-order valence-corrected chi connectivity index (χ0v) is 9.88. The highest BCUT2D eigenvalue weighted by Gasteiger charge is 2.35. The Morgan fingerprint density at radius 3 is 2.94 bits per heavy atom. The van der Waals surface area contributed by atoms with E-state index in [1.165, 1.54) is 5.06 Å². The molecule has 3 N–H and O–H groups in total. The van der Waals surface area contributed by atoms with Crippen molar-refractivity contribution in [2.75, 3.05) is 12.3 Å². The summed E-state index contributed by atoms with van der Waals surface area (Å²) in [5, 5.41) is 15.0. The first-order valence-electron chi connectivity index (χ1n) is 5.60. The van der Waals surface area contributed by atoms with Gasteiger partial charge < -0.3 is 15.7 Å². The Morgan fingerprint density at radius 1 is 1.65 bits per heavy atom. The molecule has 0 aliphatic carbocycles. The molecule has 0 saturated heterocycles. The van der Waals surface area contributed by atoms with Crippen molar-refractivity contribution in [3.05, 3.63) is 11.3 Å². The van der Waals surface area contributed by atoms with Crippen LogP contribution in [0.1, 0.15) is 37.6 Å². The van der Waals surface area contributed by atoms with Crippen LogP contribution in [0, 0.1) is 0 Å². The van der Waals surface area contributed by atoms with Gasteiger partial charge in [0, 0.05) is 5.56 Å². The standard InChI is InChI=1S/C10H16N4O3/c1-3-7-8-6(5-13(7)16)9(11)14(12-8)10(15)17-4-2/h7,16H,3-5,11H2,1-2H3. The number of carbonyl (C=O) groups is 1. The Morgan fingerprint density at radius 2 is 2.35 bits per heavy atom. The molecule has 0 bridgehead atoms. The molecule has 0 aromatic carbocycles. The minimum absolute atomic E-state index is 0.206. The first-order chi connectivity index (χ1) is 8.10. The van der Waals surface area contributed by atoms with Gasteiger partial charge in [-0.25, -0.2) is 4.79 Å². The van der Waals surface area contributed by atoms with Crippen LogP contribution in [0.15, 0.2) is 0 Å². The van der Waals surface area contributed by atoms with E-state index in [4.69, 9.17) is 10.5 Å². The number of hydrogen-bond acceptors (Lipinski definition) is 6. The number of rotatable bonds is 2. The van der Waals surface area contributed by atoms with E-state index in [-0.39, 0.29) is 18.5 Å². The summed E-state index contributed by atoms with van der Waals surface area (Å²) in [5.74, 6) is 0.244. The second kappa shape index (κ2) is 4.34. The highest BCUT2D eigenvalue weighted by atomic mass is 16.6. The summed E-state index contributed by atoms with van der Waals surface area (Å²) in [7, 11) is 0. The molecule has 7 nitrogen and oxygen atoms in total. The van der Waals surface area contributed by atoms with Crippen molar-refractivity contribution in [2.24, 2.45) is 0 Å². The van der Waals surface area contributed by atoms with Crippen molar-refractivity contribution in [1.29, 1.82) is 0 Å². The Labute approximate surface area is 98.7 Å². The molecule has 1 aliphatic rings. The lowest BCUT2D eigenvalue weighted by Gasteiger charge is -2.15. The first kappa shape index (κ1) is 11.9. The normalized spacial score (nSPS) is 19.4. The van der Waals surface area contributed by atoms with Crippen molar-refractivity contribution in [1.82, 2.24) is 14.8 Å². The summed E-state index contributed by atoms with van der Waals surface area (Å²) >= 11 is 0. The van der Waals surface area contributed by atoms with Crippen molar-refractivity contribution in [3.63, 3.8) is 0 Å². The maximum Gasteiger partial charge on any atom is 0.436 e. The van der Waals surface area contributed by atoms with Gasteiger partial charge in [0.1, 0.15) is 5.82 Å². The molecule has 0 amide bonds. The van der Waals surface area contributed by atoms with Gasteiger partial charge in [-0.15, -0.1) is 4.68 Å². The Bertz CT molecular complexity index is 443. The molecule has 1 aromatic rings. The number of nitrogen functional groups attached to an aromatic ring is 1. The predicted molar refractivity (Wildman–Crippen MR) is 59.4 cm³/mol. The minimum Gasteiger partial charge on any atom is -0.448 e. The highest BCUT2D eigenvalue weighted by Crippen LogP contribution is 2.36. The van der Waals surface area contributed by atoms with Crippen LogP contribution in [0.5, 0.6) is 0 Å². The summed E-state index contributed by atoms with van der Waals surface area (Å²) in [5.41, 5.74) is 7.18. The molecule has 7 heteroatoms. The molecule has 1 aromatic heterocycles. The average molecular weight is 240 g/mol. The van der Waals surface area contributed by atoms with Crippen LogP contribution in [-0.2, 0) is 11.3 Å². The zero-order valence-electron chi connectivity index (χ0n) is 9.88. The Hall–Kier alpha value is -1.60. The third kappa shape index (κ3) is 1.77. The van der Waals surface area contributed by atoms with E-state index in [1.54, 1.807) is 6.92 Å². The second-order valence-corrected chi connectivity index (χ2v) is 3.88. The minimum atomic E-state index is -0.584. The number of hydrogen-bond donors (Lipinski definition) is 2. The summed E-state index contributed by atoms with van der Waals surface area (Å²) in [6.07, 6.45) is 0.113. The van der Waals surface area contributed by atoms with Gasteiger partial charge in [-0.2, -0.15) is 10.2 Å². The highest BCUT2D eigenvalue weighted by molar-refractivity contribution is 5.75. The number of ether oxygens (including phenoxy) is 1. The summed E-state index contributed by atoms with van der Waals surface area (Å²) < 4.78 is 5.91. The smallest absolute Gasteiger partial charge is 0.436 e. The number of nitrogens with zero attached hydrogens (tertiary/aromatic N) is 3. The van der Waals surface area contributed by atoms with Gasteiger partial charge in [-0.1, -0.05) is 6.92 Å². The van der Waals surface area contributed by atoms with Crippen molar-refractivity contribution in [2.45, 2.75) is 32.9 Å². The molecule has 0 saturated carbocycles. The average Bonchev–Trinajstić information content (AvgIpc) is 2.76. The van der Waals surface area contributed by atoms with Gasteiger partial charge in [-0.3, -0.25) is 0 Å². The Balaban J connectivity index is 2.36. The molecule has 94 valence electrons. The van der Waals surface area contributed by atoms with Gasteiger partial charge in [0.25, 0.3) is 0 Å².